The van der Waals surface area contributed by atoms with Crippen molar-refractivity contribution < 1.29 is 5.11 Å². The van der Waals surface area contributed by atoms with Gasteiger partial charge in [-0.05, 0) is 62.4 Å². The van der Waals surface area contributed by atoms with Crippen molar-refractivity contribution in [3.63, 3.8) is 0 Å². The number of aryl methyl sites for hydroxylation is 1. The Labute approximate surface area is 160 Å². The van der Waals surface area contributed by atoms with Gasteiger partial charge in [-0.2, -0.15) is 5.26 Å². The molecule has 0 aliphatic carbocycles. The summed E-state index contributed by atoms with van der Waals surface area (Å²) in [6.07, 6.45) is 2.37. The van der Waals surface area contributed by atoms with Crippen molar-refractivity contribution in [1.29, 1.82) is 5.26 Å². The maximum Gasteiger partial charge on any atom is 0.101 e. The van der Waals surface area contributed by atoms with E-state index in [1.165, 1.54) is 5.56 Å². The molecule has 0 aliphatic rings. The number of aliphatic hydroxyl groups is 1. The Balaban J connectivity index is 1.75. The minimum absolute atomic E-state index is 0.175. The number of aromatic nitrogens is 1. The Bertz CT molecular complexity index is 924. The lowest BCUT2D eigenvalue weighted by molar-refractivity contribution is 0.288. The Morgan fingerprint density at radius 1 is 1.15 bits per heavy atom. The number of fused-ring (bicyclic) bond motifs is 1. The fraction of sp³-hybridized carbons (Fsp3) is 0.348. The highest BCUT2D eigenvalue weighted by atomic mass is 16.2. The van der Waals surface area contributed by atoms with Gasteiger partial charge in [0.15, 0.2) is 0 Å². The van der Waals surface area contributed by atoms with Gasteiger partial charge in [0.25, 0.3) is 0 Å². The Kier molecular flexibility index (Phi) is 6.28. The highest BCUT2D eigenvalue weighted by Crippen LogP contribution is 2.23. The number of benzene rings is 2. The van der Waals surface area contributed by atoms with Crippen LogP contribution in [0.15, 0.2) is 48.5 Å². The molecule has 0 fully saturated rings. The third kappa shape index (κ3) is 4.77. The fourth-order valence-corrected chi connectivity index (χ4v) is 3.65. The smallest absolute Gasteiger partial charge is 0.101 e. The molecule has 1 heterocycles. The topological polar surface area (TPSA) is 71.8 Å². The molecular formula is C23H27N3O. The summed E-state index contributed by atoms with van der Waals surface area (Å²) in [5.41, 5.74) is 5.08. The molecule has 2 aromatic carbocycles. The number of nitriles is 1. The molecule has 0 spiro atoms. The van der Waals surface area contributed by atoms with Crippen molar-refractivity contribution in [2.24, 2.45) is 0 Å². The molecule has 27 heavy (non-hydrogen) atoms. The normalized spacial score (nSPS) is 13.4. The van der Waals surface area contributed by atoms with Gasteiger partial charge >= 0.3 is 0 Å². The number of H-pyrrole nitrogens is 1. The van der Waals surface area contributed by atoms with E-state index in [1.54, 1.807) is 0 Å². The van der Waals surface area contributed by atoms with Gasteiger partial charge in [-0.1, -0.05) is 30.3 Å². The predicted molar refractivity (Wildman–Crippen MR) is 110 cm³/mol. The molecule has 4 heteroatoms. The summed E-state index contributed by atoms with van der Waals surface area (Å²) in [6.45, 7) is 4.53. The second-order valence-corrected chi connectivity index (χ2v) is 7.25. The highest BCUT2D eigenvalue weighted by molar-refractivity contribution is 5.86. The van der Waals surface area contributed by atoms with E-state index < -0.39 is 0 Å². The summed E-state index contributed by atoms with van der Waals surface area (Å²) in [7, 11) is 0. The molecule has 140 valence electrons. The Morgan fingerprint density at radius 2 is 1.93 bits per heavy atom. The summed E-state index contributed by atoms with van der Waals surface area (Å²) in [6, 6.07) is 19.6. The molecular weight excluding hydrogens is 334 g/mol. The molecule has 1 aromatic heterocycles. The van der Waals surface area contributed by atoms with Crippen molar-refractivity contribution >= 4 is 10.9 Å². The predicted octanol–water partition coefficient (Wildman–Crippen LogP) is 4.25. The van der Waals surface area contributed by atoms with E-state index in [-0.39, 0.29) is 18.7 Å². The zero-order valence-electron chi connectivity index (χ0n) is 16.0. The van der Waals surface area contributed by atoms with Crippen molar-refractivity contribution in [3.05, 3.63) is 70.9 Å². The quantitative estimate of drug-likeness (QED) is 0.562. The monoisotopic (exact) mass is 361 g/mol. The van der Waals surface area contributed by atoms with E-state index in [0.29, 0.717) is 5.56 Å². The molecule has 0 radical (unpaired) electrons. The summed E-state index contributed by atoms with van der Waals surface area (Å²) in [5.74, 6) is 0. The average molecular weight is 361 g/mol. The standard InChI is InChI=1S/C23H27N3O/c1-16(25-17(2)19-7-4-3-5-8-19)11-18-12-20-14-22(9-6-10-27)26-23(20)21(13-18)15-24/h3-5,7-8,12-14,16-17,25-27H,6,9-11H2,1-2H3/t16?,17-/m1/s1. The lowest BCUT2D eigenvalue weighted by Gasteiger charge is -2.20. The first-order chi connectivity index (χ1) is 13.1. The number of nitrogens with zero attached hydrogens (tertiary/aromatic N) is 1. The SMILES string of the molecule is CC(Cc1cc(C#N)c2[nH]c(CCCO)cc2c1)N[C@H](C)c1ccccc1. The van der Waals surface area contributed by atoms with Crippen LogP contribution in [0.1, 0.15) is 48.7 Å². The van der Waals surface area contributed by atoms with E-state index in [9.17, 15) is 5.26 Å². The van der Waals surface area contributed by atoms with Crippen LogP contribution in [0.25, 0.3) is 10.9 Å². The van der Waals surface area contributed by atoms with Crippen LogP contribution in [0.3, 0.4) is 0 Å². The molecule has 1 unspecified atom stereocenters. The molecule has 0 saturated heterocycles. The number of rotatable bonds is 8. The maximum atomic E-state index is 9.55. The first-order valence-electron chi connectivity index (χ1n) is 9.57. The van der Waals surface area contributed by atoms with Gasteiger partial charge in [-0.15, -0.1) is 0 Å². The summed E-state index contributed by atoms with van der Waals surface area (Å²) >= 11 is 0. The van der Waals surface area contributed by atoms with Gasteiger partial charge in [0, 0.05) is 29.8 Å². The van der Waals surface area contributed by atoms with Crippen LogP contribution in [0.2, 0.25) is 0 Å². The van der Waals surface area contributed by atoms with Crippen molar-refractivity contribution in [1.82, 2.24) is 10.3 Å². The van der Waals surface area contributed by atoms with E-state index >= 15 is 0 Å². The third-order valence-corrected chi connectivity index (χ3v) is 4.94. The Morgan fingerprint density at radius 3 is 2.63 bits per heavy atom. The molecule has 0 amide bonds. The number of hydrogen-bond donors (Lipinski definition) is 3. The average Bonchev–Trinajstić information content (AvgIpc) is 3.09. The van der Waals surface area contributed by atoms with Crippen LogP contribution in [-0.2, 0) is 12.8 Å². The van der Waals surface area contributed by atoms with Gasteiger partial charge < -0.3 is 15.4 Å². The van der Waals surface area contributed by atoms with E-state index in [1.807, 2.05) is 12.1 Å². The van der Waals surface area contributed by atoms with Crippen molar-refractivity contribution in [3.8, 4) is 6.07 Å². The first-order valence-corrected chi connectivity index (χ1v) is 9.57. The second-order valence-electron chi connectivity index (χ2n) is 7.25. The molecule has 3 aromatic rings. The molecule has 3 rings (SSSR count). The maximum absolute atomic E-state index is 9.55. The number of hydrogen-bond acceptors (Lipinski definition) is 3. The minimum Gasteiger partial charge on any atom is -0.396 e. The third-order valence-electron chi connectivity index (χ3n) is 4.94. The van der Waals surface area contributed by atoms with Crippen LogP contribution < -0.4 is 5.32 Å². The highest BCUT2D eigenvalue weighted by Gasteiger charge is 2.13. The van der Waals surface area contributed by atoms with Crippen LogP contribution in [0.5, 0.6) is 0 Å². The van der Waals surface area contributed by atoms with Crippen LogP contribution in [0.4, 0.5) is 0 Å². The van der Waals surface area contributed by atoms with Crippen molar-refractivity contribution in [2.75, 3.05) is 6.61 Å². The molecule has 2 atom stereocenters. The summed E-state index contributed by atoms with van der Waals surface area (Å²) in [5, 5.41) is 23.3. The zero-order valence-corrected chi connectivity index (χ0v) is 16.0. The molecule has 3 N–H and O–H groups in total. The van der Waals surface area contributed by atoms with E-state index in [4.69, 9.17) is 5.11 Å². The second kappa shape index (κ2) is 8.85. The summed E-state index contributed by atoms with van der Waals surface area (Å²) < 4.78 is 0. The number of aliphatic hydroxyl groups excluding tert-OH is 1. The van der Waals surface area contributed by atoms with E-state index in [2.05, 4.69) is 66.6 Å². The lowest BCUT2D eigenvalue weighted by atomic mass is 10.0. The molecule has 0 aliphatic heterocycles. The van der Waals surface area contributed by atoms with Gasteiger partial charge in [-0.3, -0.25) is 0 Å². The molecule has 0 saturated carbocycles. The Hall–Kier alpha value is -2.61. The fourth-order valence-electron chi connectivity index (χ4n) is 3.65. The van der Waals surface area contributed by atoms with Crippen LogP contribution >= 0.6 is 0 Å². The number of nitrogens with one attached hydrogen (secondary N) is 2. The van der Waals surface area contributed by atoms with Crippen LogP contribution in [0, 0.1) is 11.3 Å². The van der Waals surface area contributed by atoms with Gasteiger partial charge in [0.05, 0.1) is 11.1 Å². The zero-order chi connectivity index (χ0) is 19.2. The molecule has 0 bridgehead atoms. The van der Waals surface area contributed by atoms with Gasteiger partial charge in [0.2, 0.25) is 0 Å². The summed E-state index contributed by atoms with van der Waals surface area (Å²) in [4.78, 5) is 3.33. The minimum atomic E-state index is 0.175. The van der Waals surface area contributed by atoms with Gasteiger partial charge in [-0.25, -0.2) is 0 Å². The lowest BCUT2D eigenvalue weighted by Crippen LogP contribution is -2.30. The largest absolute Gasteiger partial charge is 0.396 e. The first kappa shape index (κ1) is 19.2. The van der Waals surface area contributed by atoms with Gasteiger partial charge in [0.1, 0.15) is 6.07 Å². The van der Waals surface area contributed by atoms with E-state index in [0.717, 1.165) is 41.4 Å². The number of aromatic amines is 1. The van der Waals surface area contributed by atoms with Crippen LogP contribution in [-0.4, -0.2) is 22.7 Å². The molecule has 4 nitrogen and oxygen atoms in total. The van der Waals surface area contributed by atoms with Crippen molar-refractivity contribution in [2.45, 2.75) is 45.2 Å².